The molecule has 3 heterocycles. The summed E-state index contributed by atoms with van der Waals surface area (Å²) in [7, 11) is 6.49. The van der Waals surface area contributed by atoms with Crippen molar-refractivity contribution in [2.24, 2.45) is 0 Å². The molecule has 12 heteroatoms. The van der Waals surface area contributed by atoms with E-state index in [-0.39, 0.29) is 16.4 Å². The summed E-state index contributed by atoms with van der Waals surface area (Å²) >= 11 is 6.02. The van der Waals surface area contributed by atoms with E-state index in [1.165, 1.54) is 31.4 Å². The van der Waals surface area contributed by atoms with Crippen molar-refractivity contribution in [3.8, 4) is 6.07 Å². The van der Waals surface area contributed by atoms with Crippen molar-refractivity contribution < 1.29 is 19.1 Å². The third-order valence-electron chi connectivity index (χ3n) is 5.54. The van der Waals surface area contributed by atoms with Gasteiger partial charge in [-0.3, -0.25) is 15.1 Å². The van der Waals surface area contributed by atoms with E-state index in [0.717, 1.165) is 12.1 Å². The predicted molar refractivity (Wildman–Crippen MR) is 129 cm³/mol. The Hall–Kier alpha value is -3.52. The normalized spacial score (nSPS) is 14.0. The molecule has 0 unspecified atom stereocenters. The number of nitriles is 1. The van der Waals surface area contributed by atoms with Gasteiger partial charge in [0.05, 0.1) is 10.6 Å². The summed E-state index contributed by atoms with van der Waals surface area (Å²) in [6, 6.07) is 6.32. The number of aromatic nitrogens is 2. The van der Waals surface area contributed by atoms with E-state index in [2.05, 4.69) is 20.2 Å². The first-order valence-electron chi connectivity index (χ1n) is 10.6. The second-order valence-electron chi connectivity index (χ2n) is 7.88. The lowest BCUT2D eigenvalue weighted by Gasteiger charge is -2.35. The Labute approximate surface area is 208 Å². The van der Waals surface area contributed by atoms with Crippen LogP contribution in [-0.2, 0) is 20.8 Å². The molecule has 0 radical (unpaired) electrons. The van der Waals surface area contributed by atoms with Gasteiger partial charge in [-0.1, -0.05) is 17.7 Å². The minimum absolute atomic E-state index is 0.181. The fraction of sp³-hybridized carbons (Fsp3) is 0.391. The Morgan fingerprint density at radius 2 is 2.09 bits per heavy atom. The van der Waals surface area contributed by atoms with Crippen LogP contribution < -0.4 is 10.2 Å². The molecule has 0 spiro atoms. The van der Waals surface area contributed by atoms with Gasteiger partial charge in [0.15, 0.2) is 0 Å². The highest BCUT2D eigenvalue weighted by Gasteiger charge is 2.25. The fourth-order valence-corrected chi connectivity index (χ4v) is 3.75. The van der Waals surface area contributed by atoms with Gasteiger partial charge in [0.1, 0.15) is 35.0 Å². The largest absolute Gasteiger partial charge is 0.359 e. The van der Waals surface area contributed by atoms with Crippen molar-refractivity contribution in [3.05, 3.63) is 51.9 Å². The third-order valence-corrected chi connectivity index (χ3v) is 5.85. The number of carbonyl (C=O) groups excluding carboxylic acids is 2. The zero-order chi connectivity index (χ0) is 25.5. The summed E-state index contributed by atoms with van der Waals surface area (Å²) < 4.78 is 10.9. The standard InChI is InChI=1S/C23H26ClN7O4/c1-29-7-8-31(17(13-29)14-32)12-15-5-6-20(28-21(15)22(34-3)35-4)30(2)23(33)27-19-9-18(24)16(10-25)11-26-19/h5-6,9,11,22H,7-8,12-13H2,1-4H3,(H,26,27,33). The van der Waals surface area contributed by atoms with Crippen LogP contribution in [0.4, 0.5) is 16.4 Å². The molecule has 0 aromatic carbocycles. The molecule has 11 nitrogen and oxygen atoms in total. The number of likely N-dealkylation sites (N-methyl/N-ethyl adjacent to an activating group) is 1. The first-order valence-corrected chi connectivity index (χ1v) is 11.0. The molecule has 0 saturated carbocycles. The first-order chi connectivity index (χ1) is 16.8. The number of ether oxygens (including phenoxy) is 2. The van der Waals surface area contributed by atoms with Gasteiger partial charge in [0.2, 0.25) is 6.29 Å². The van der Waals surface area contributed by atoms with E-state index in [1.54, 1.807) is 13.1 Å². The monoisotopic (exact) mass is 499 g/mol. The van der Waals surface area contributed by atoms with Crippen molar-refractivity contribution in [2.75, 3.05) is 58.2 Å². The number of anilines is 2. The number of halogens is 1. The van der Waals surface area contributed by atoms with Gasteiger partial charge in [-0.15, -0.1) is 0 Å². The fourth-order valence-electron chi connectivity index (χ4n) is 3.55. The Kier molecular flexibility index (Phi) is 8.76. The molecule has 3 rings (SSSR count). The average molecular weight is 500 g/mol. The second-order valence-corrected chi connectivity index (χ2v) is 8.28. The Morgan fingerprint density at radius 3 is 2.71 bits per heavy atom. The minimum atomic E-state index is -0.781. The number of nitrogens with zero attached hydrogens (tertiary/aromatic N) is 6. The molecular formula is C23H26ClN7O4. The highest BCUT2D eigenvalue weighted by Crippen LogP contribution is 2.26. The molecule has 2 aromatic heterocycles. The number of pyridine rings is 2. The lowest BCUT2D eigenvalue weighted by molar-refractivity contribution is -0.109. The smallest absolute Gasteiger partial charge is 0.328 e. The van der Waals surface area contributed by atoms with Crippen LogP contribution in [0.25, 0.3) is 0 Å². The van der Waals surface area contributed by atoms with Gasteiger partial charge in [-0.05, 0) is 18.7 Å². The summed E-state index contributed by atoms with van der Waals surface area (Å²) in [4.78, 5) is 38.3. The number of piperazine rings is 1. The van der Waals surface area contributed by atoms with E-state index in [0.29, 0.717) is 36.8 Å². The van der Waals surface area contributed by atoms with Gasteiger partial charge in [-0.2, -0.15) is 5.26 Å². The van der Waals surface area contributed by atoms with Crippen molar-refractivity contribution in [2.45, 2.75) is 12.8 Å². The van der Waals surface area contributed by atoms with Crippen molar-refractivity contribution in [1.82, 2.24) is 19.8 Å². The van der Waals surface area contributed by atoms with E-state index < -0.39 is 12.3 Å². The molecule has 1 N–H and O–H groups in total. The average Bonchev–Trinajstić information content (AvgIpc) is 2.86. The number of nitrogens with one attached hydrogen (secondary N) is 1. The van der Waals surface area contributed by atoms with E-state index in [4.69, 9.17) is 26.3 Å². The number of carbonyl (C=O) groups is 1. The third kappa shape index (κ3) is 6.14. The summed E-state index contributed by atoms with van der Waals surface area (Å²) in [6.07, 6.45) is 0.502. The summed E-state index contributed by atoms with van der Waals surface area (Å²) in [5.41, 5.74) is 2.04. The number of methoxy groups -OCH3 is 2. The number of urea groups is 1. The quantitative estimate of drug-likeness (QED) is 0.451. The van der Waals surface area contributed by atoms with Crippen molar-refractivity contribution >= 4 is 35.2 Å². The van der Waals surface area contributed by atoms with Crippen molar-refractivity contribution in [1.29, 1.82) is 5.26 Å². The van der Waals surface area contributed by atoms with Gasteiger partial charge >= 0.3 is 6.03 Å². The Balaban J connectivity index is 1.85. The predicted octanol–water partition coefficient (Wildman–Crippen LogP) is 2.42. The Bertz CT molecular complexity index is 1170. The number of rotatable bonds is 7. The molecular weight excluding hydrogens is 474 g/mol. The molecule has 1 aliphatic rings. The second kappa shape index (κ2) is 11.8. The van der Waals surface area contributed by atoms with Gasteiger partial charge in [-0.25, -0.2) is 19.6 Å². The summed E-state index contributed by atoms with van der Waals surface area (Å²) in [5, 5.41) is 11.8. The highest BCUT2D eigenvalue weighted by molar-refractivity contribution is 6.32. The SMILES string of the molecule is COC(OC)c1nc(N(C)C(=O)Nc2cc(Cl)c(C#N)cn2)ccc1CN1CCN(C)CC1=C=O. The molecule has 1 saturated heterocycles. The minimum Gasteiger partial charge on any atom is -0.359 e. The number of hydrogen-bond acceptors (Lipinski definition) is 9. The van der Waals surface area contributed by atoms with E-state index in [9.17, 15) is 9.59 Å². The lowest BCUT2D eigenvalue weighted by Crippen LogP contribution is -2.42. The topological polar surface area (TPSA) is 124 Å². The van der Waals surface area contributed by atoms with Crippen LogP contribution in [0.15, 0.2) is 30.1 Å². The van der Waals surface area contributed by atoms with E-state index in [1.807, 2.05) is 30.0 Å². The molecule has 184 valence electrons. The summed E-state index contributed by atoms with van der Waals surface area (Å²) in [5.74, 6) is 2.56. The maximum absolute atomic E-state index is 12.8. The summed E-state index contributed by atoms with van der Waals surface area (Å²) in [6.45, 7) is 2.39. The molecule has 0 bridgehead atoms. The molecule has 0 atom stereocenters. The van der Waals surface area contributed by atoms with E-state index >= 15 is 0 Å². The van der Waals surface area contributed by atoms with Gasteiger partial charge < -0.3 is 14.4 Å². The van der Waals surface area contributed by atoms with Crippen LogP contribution in [0.2, 0.25) is 5.02 Å². The molecule has 1 aliphatic heterocycles. The van der Waals surface area contributed by atoms with Gasteiger partial charge in [0.25, 0.3) is 0 Å². The lowest BCUT2D eigenvalue weighted by atomic mass is 10.1. The molecule has 2 amide bonds. The number of amides is 2. The van der Waals surface area contributed by atoms with Crippen molar-refractivity contribution in [3.63, 3.8) is 0 Å². The highest BCUT2D eigenvalue weighted by atomic mass is 35.5. The van der Waals surface area contributed by atoms with Crippen LogP contribution in [0.1, 0.15) is 23.1 Å². The van der Waals surface area contributed by atoms with Crippen LogP contribution in [0, 0.1) is 11.3 Å². The number of hydrogen-bond donors (Lipinski definition) is 1. The molecule has 0 aliphatic carbocycles. The molecule has 2 aromatic rings. The zero-order valence-corrected chi connectivity index (χ0v) is 20.7. The Morgan fingerprint density at radius 1 is 1.34 bits per heavy atom. The maximum atomic E-state index is 12.8. The first kappa shape index (κ1) is 26.1. The maximum Gasteiger partial charge on any atom is 0.328 e. The van der Waals surface area contributed by atoms with Gasteiger partial charge in [0, 0.05) is 59.7 Å². The van der Waals surface area contributed by atoms with Crippen LogP contribution in [-0.4, -0.2) is 79.7 Å². The van der Waals surface area contributed by atoms with Crippen LogP contribution in [0.3, 0.4) is 0 Å². The van der Waals surface area contributed by atoms with Crippen LogP contribution in [0.5, 0.6) is 0 Å². The zero-order valence-electron chi connectivity index (χ0n) is 19.9. The van der Waals surface area contributed by atoms with Crippen LogP contribution >= 0.6 is 11.6 Å². The molecule has 1 fully saturated rings. The molecule has 35 heavy (non-hydrogen) atoms.